The number of ether oxygens (including phenoxy) is 1. The van der Waals surface area contributed by atoms with Crippen molar-refractivity contribution in [3.05, 3.63) is 90.1 Å². The minimum atomic E-state index is -1.04. The van der Waals surface area contributed by atoms with Crippen LogP contribution in [0.3, 0.4) is 0 Å². The van der Waals surface area contributed by atoms with E-state index in [0.29, 0.717) is 0 Å². The molecule has 154 valence electrons. The molecule has 0 radical (unpaired) electrons. The van der Waals surface area contributed by atoms with Crippen LogP contribution in [0.2, 0.25) is 0 Å². The molecule has 0 unspecified atom stereocenters. The van der Waals surface area contributed by atoms with Gasteiger partial charge in [-0.05, 0) is 35.9 Å². The third-order valence-electron chi connectivity index (χ3n) is 4.07. The third kappa shape index (κ3) is 6.03. The predicted molar refractivity (Wildman–Crippen MR) is 106 cm³/mol. The van der Waals surface area contributed by atoms with Gasteiger partial charge in [-0.2, -0.15) is 0 Å². The fourth-order valence-corrected chi connectivity index (χ4v) is 2.68. The smallest absolute Gasteiger partial charge is 0.329 e. The van der Waals surface area contributed by atoms with Crippen LogP contribution in [0.1, 0.15) is 16.1 Å². The van der Waals surface area contributed by atoms with Gasteiger partial charge >= 0.3 is 5.97 Å². The first-order chi connectivity index (χ1) is 14.5. The van der Waals surface area contributed by atoms with Crippen LogP contribution in [-0.2, 0) is 20.7 Å². The average Bonchev–Trinajstić information content (AvgIpc) is 3.27. The minimum absolute atomic E-state index is 0.0460. The number of hydrogen-bond donors (Lipinski definition) is 2. The van der Waals surface area contributed by atoms with Gasteiger partial charge < -0.3 is 19.8 Å². The summed E-state index contributed by atoms with van der Waals surface area (Å²) in [5.41, 5.74) is 1.03. The lowest BCUT2D eigenvalue weighted by atomic mass is 10.1. The molecule has 2 N–H and O–H groups in total. The number of rotatable bonds is 8. The quantitative estimate of drug-likeness (QED) is 0.557. The summed E-state index contributed by atoms with van der Waals surface area (Å²) in [5, 5.41) is 4.99. The molecular formula is C22H19FN2O5. The highest BCUT2D eigenvalue weighted by molar-refractivity contribution is 5.96. The molecule has 0 saturated carbocycles. The number of carbonyl (C=O) groups excluding carboxylic acids is 3. The molecule has 3 rings (SSSR count). The Labute approximate surface area is 171 Å². The Morgan fingerprint density at radius 2 is 1.80 bits per heavy atom. The molecule has 0 bridgehead atoms. The van der Waals surface area contributed by atoms with Gasteiger partial charge in [0.1, 0.15) is 11.9 Å². The molecule has 0 aliphatic heterocycles. The lowest BCUT2D eigenvalue weighted by Crippen LogP contribution is -2.44. The van der Waals surface area contributed by atoms with Crippen molar-refractivity contribution in [2.45, 2.75) is 12.5 Å². The van der Waals surface area contributed by atoms with E-state index in [1.54, 1.807) is 30.3 Å². The maximum atomic E-state index is 13.2. The normalized spacial score (nSPS) is 11.4. The minimum Gasteiger partial charge on any atom is -0.459 e. The second-order valence-electron chi connectivity index (χ2n) is 6.36. The molecular weight excluding hydrogens is 391 g/mol. The van der Waals surface area contributed by atoms with E-state index in [0.717, 1.165) is 11.6 Å². The fourth-order valence-electron chi connectivity index (χ4n) is 2.68. The number of hydrogen-bond acceptors (Lipinski definition) is 5. The van der Waals surface area contributed by atoms with Gasteiger partial charge in [0, 0.05) is 12.1 Å². The summed E-state index contributed by atoms with van der Waals surface area (Å²) in [6.07, 6.45) is 1.51. The molecule has 1 atom stereocenters. The van der Waals surface area contributed by atoms with Crippen molar-refractivity contribution in [3.8, 4) is 0 Å². The molecule has 0 saturated heterocycles. The summed E-state index contributed by atoms with van der Waals surface area (Å²) >= 11 is 0. The van der Waals surface area contributed by atoms with E-state index in [9.17, 15) is 18.8 Å². The van der Waals surface area contributed by atoms with Gasteiger partial charge in [0.05, 0.1) is 6.26 Å². The molecule has 8 heteroatoms. The second kappa shape index (κ2) is 10.0. The topological polar surface area (TPSA) is 97.6 Å². The highest BCUT2D eigenvalue weighted by atomic mass is 19.1. The van der Waals surface area contributed by atoms with Crippen LogP contribution in [0.4, 0.5) is 10.1 Å². The predicted octanol–water partition coefficient (Wildman–Crippen LogP) is 2.94. The summed E-state index contributed by atoms with van der Waals surface area (Å²) in [4.78, 5) is 36.9. The number of nitrogens with one attached hydrogen (secondary N) is 2. The van der Waals surface area contributed by atoms with Gasteiger partial charge in [-0.25, -0.2) is 9.18 Å². The van der Waals surface area contributed by atoms with E-state index in [-0.39, 0.29) is 17.9 Å². The highest BCUT2D eigenvalue weighted by Gasteiger charge is 2.25. The maximum absolute atomic E-state index is 13.2. The van der Waals surface area contributed by atoms with Crippen LogP contribution in [0.5, 0.6) is 0 Å². The first-order valence-electron chi connectivity index (χ1n) is 9.11. The van der Waals surface area contributed by atoms with Gasteiger partial charge in [-0.15, -0.1) is 0 Å². The lowest BCUT2D eigenvalue weighted by Gasteiger charge is -2.17. The Hall–Kier alpha value is -3.94. The van der Waals surface area contributed by atoms with Crippen molar-refractivity contribution in [2.24, 2.45) is 0 Å². The van der Waals surface area contributed by atoms with Crippen molar-refractivity contribution < 1.29 is 27.9 Å². The zero-order valence-corrected chi connectivity index (χ0v) is 15.8. The Morgan fingerprint density at radius 3 is 2.50 bits per heavy atom. The monoisotopic (exact) mass is 410 g/mol. The Balaban J connectivity index is 1.62. The fraction of sp³-hybridized carbons (Fsp3) is 0.136. The summed E-state index contributed by atoms with van der Waals surface area (Å²) in [6, 6.07) is 16.3. The first kappa shape index (κ1) is 20.8. The standard InChI is InChI=1S/C22H19FN2O5/c23-16-8-4-9-17(13-16)24-20(26)14-30-22(28)18(12-15-6-2-1-3-7-15)25-21(27)19-10-5-11-29-19/h1-11,13,18H,12,14H2,(H,24,26)(H,25,27)/t18-/m0/s1. The Kier molecular flexibility index (Phi) is 6.94. The maximum Gasteiger partial charge on any atom is 0.329 e. The van der Waals surface area contributed by atoms with Gasteiger partial charge in [0.15, 0.2) is 12.4 Å². The number of anilines is 1. The van der Waals surface area contributed by atoms with E-state index in [1.165, 1.54) is 30.5 Å². The second-order valence-corrected chi connectivity index (χ2v) is 6.36. The molecule has 1 heterocycles. The van der Waals surface area contributed by atoms with Crippen molar-refractivity contribution in [1.82, 2.24) is 5.32 Å². The van der Waals surface area contributed by atoms with Crippen LogP contribution >= 0.6 is 0 Å². The number of amides is 2. The largest absolute Gasteiger partial charge is 0.459 e. The van der Waals surface area contributed by atoms with Crippen LogP contribution in [0.15, 0.2) is 77.4 Å². The van der Waals surface area contributed by atoms with Crippen molar-refractivity contribution >= 4 is 23.5 Å². The number of esters is 1. The lowest BCUT2D eigenvalue weighted by molar-refractivity contribution is -0.149. The molecule has 0 fully saturated rings. The van der Waals surface area contributed by atoms with Gasteiger partial charge in [0.2, 0.25) is 0 Å². The van der Waals surface area contributed by atoms with Gasteiger partial charge in [0.25, 0.3) is 11.8 Å². The number of benzene rings is 2. The zero-order valence-electron chi connectivity index (χ0n) is 15.8. The van der Waals surface area contributed by atoms with E-state index in [4.69, 9.17) is 9.15 Å². The number of carbonyl (C=O) groups is 3. The van der Waals surface area contributed by atoms with E-state index >= 15 is 0 Å². The average molecular weight is 410 g/mol. The molecule has 7 nitrogen and oxygen atoms in total. The number of halogens is 1. The highest BCUT2D eigenvalue weighted by Crippen LogP contribution is 2.10. The number of furan rings is 1. The van der Waals surface area contributed by atoms with Crippen LogP contribution in [0, 0.1) is 5.82 Å². The van der Waals surface area contributed by atoms with Gasteiger partial charge in [-0.1, -0.05) is 36.4 Å². The SMILES string of the molecule is O=C(COC(=O)[C@H](Cc1ccccc1)NC(=O)c1ccco1)Nc1cccc(F)c1. The van der Waals surface area contributed by atoms with Crippen molar-refractivity contribution in [1.29, 1.82) is 0 Å². The summed E-state index contributed by atoms with van der Waals surface area (Å²) < 4.78 is 23.3. The molecule has 3 aromatic rings. The van der Waals surface area contributed by atoms with Crippen LogP contribution in [-0.4, -0.2) is 30.4 Å². The van der Waals surface area contributed by atoms with Crippen LogP contribution < -0.4 is 10.6 Å². The van der Waals surface area contributed by atoms with Gasteiger partial charge in [-0.3, -0.25) is 9.59 Å². The summed E-state index contributed by atoms with van der Waals surface area (Å²) in [7, 11) is 0. The summed E-state index contributed by atoms with van der Waals surface area (Å²) in [5.74, 6) is -2.46. The molecule has 2 aromatic carbocycles. The zero-order chi connectivity index (χ0) is 21.3. The van der Waals surface area contributed by atoms with E-state index in [1.807, 2.05) is 6.07 Å². The van der Waals surface area contributed by atoms with E-state index in [2.05, 4.69) is 10.6 Å². The third-order valence-corrected chi connectivity index (χ3v) is 4.07. The van der Waals surface area contributed by atoms with E-state index < -0.39 is 36.2 Å². The van der Waals surface area contributed by atoms with Crippen molar-refractivity contribution in [2.75, 3.05) is 11.9 Å². The molecule has 1 aromatic heterocycles. The molecule has 0 aliphatic rings. The first-order valence-corrected chi connectivity index (χ1v) is 9.11. The molecule has 2 amide bonds. The Bertz CT molecular complexity index is 1010. The van der Waals surface area contributed by atoms with Crippen LogP contribution in [0.25, 0.3) is 0 Å². The molecule has 30 heavy (non-hydrogen) atoms. The molecule has 0 spiro atoms. The molecule has 0 aliphatic carbocycles. The summed E-state index contributed by atoms with van der Waals surface area (Å²) in [6.45, 7) is -0.586. The Morgan fingerprint density at radius 1 is 1.00 bits per heavy atom. The van der Waals surface area contributed by atoms with Crippen molar-refractivity contribution in [3.63, 3.8) is 0 Å².